The van der Waals surface area contributed by atoms with Crippen molar-refractivity contribution in [1.29, 1.82) is 0 Å². The summed E-state index contributed by atoms with van der Waals surface area (Å²) in [5.41, 5.74) is 0. The number of carboxylic acid groups (broad SMARTS) is 1. The van der Waals surface area contributed by atoms with Gasteiger partial charge in [0.1, 0.15) is 79.4 Å². The number of unbranched alkanes of at least 4 members (excludes halogenated alkanes) is 4. The van der Waals surface area contributed by atoms with E-state index in [0.717, 1.165) is 25.7 Å². The van der Waals surface area contributed by atoms with Crippen molar-refractivity contribution in [2.45, 2.75) is 207 Å². The quantitative estimate of drug-likeness (QED) is 0.0293. The third-order valence-corrected chi connectivity index (χ3v) is 10.9. The second kappa shape index (κ2) is 26.1. The molecular formula is C38H68O22. The van der Waals surface area contributed by atoms with E-state index in [2.05, 4.69) is 0 Å². The Morgan fingerprint density at radius 2 is 1.02 bits per heavy atom. The molecular weight excluding hydrogens is 808 g/mol. The molecule has 3 fully saturated rings. The number of ether oxygens (including phenoxy) is 7. The largest absolute Gasteiger partial charge is 0.481 e. The fourth-order valence-electron chi connectivity index (χ4n) is 7.43. The molecule has 0 aromatic heterocycles. The van der Waals surface area contributed by atoms with Gasteiger partial charge in [0.25, 0.3) is 0 Å². The zero-order chi connectivity index (χ0) is 44.7. The maximum absolute atomic E-state index is 13.3. The Morgan fingerprint density at radius 1 is 0.550 bits per heavy atom. The topological polar surface area (TPSA) is 362 Å². The Kier molecular flexibility index (Phi) is 22.9. The highest BCUT2D eigenvalue weighted by Gasteiger charge is 2.51. The summed E-state index contributed by atoms with van der Waals surface area (Å²) in [7, 11) is 0. The number of rotatable bonds is 26. The number of aliphatic carboxylic acids is 1. The molecule has 19 atom stereocenters. The fourth-order valence-corrected chi connectivity index (χ4v) is 7.43. The number of aliphatic hydroxyl groups is 12. The monoisotopic (exact) mass is 876 g/mol. The fraction of sp³-hybridized carbons (Fsp3) is 0.947. The van der Waals surface area contributed by atoms with Gasteiger partial charge in [-0.2, -0.15) is 0 Å². The smallest absolute Gasteiger partial charge is 0.308 e. The average Bonchev–Trinajstić information content (AvgIpc) is 3.20. The van der Waals surface area contributed by atoms with E-state index in [-0.39, 0.29) is 19.3 Å². The summed E-state index contributed by atoms with van der Waals surface area (Å²) in [6.07, 6.45) is -26.0. The molecule has 0 saturated carbocycles. The van der Waals surface area contributed by atoms with E-state index in [1.54, 1.807) is 0 Å². The van der Waals surface area contributed by atoms with Crippen molar-refractivity contribution in [3.05, 3.63) is 0 Å². The summed E-state index contributed by atoms with van der Waals surface area (Å²) >= 11 is 0. The number of carboxylic acids is 1. The summed E-state index contributed by atoms with van der Waals surface area (Å²) < 4.78 is 39.5. The van der Waals surface area contributed by atoms with E-state index in [1.165, 1.54) is 0 Å². The number of aliphatic hydroxyl groups excluding tert-OH is 12. The molecule has 13 N–H and O–H groups in total. The highest BCUT2D eigenvalue weighted by atomic mass is 16.7. The van der Waals surface area contributed by atoms with Crippen LogP contribution < -0.4 is 0 Å². The van der Waals surface area contributed by atoms with Crippen molar-refractivity contribution in [3.63, 3.8) is 0 Å². The van der Waals surface area contributed by atoms with E-state index in [9.17, 15) is 76.0 Å². The third kappa shape index (κ3) is 15.2. The normalized spacial score (nSPS) is 36.9. The van der Waals surface area contributed by atoms with Gasteiger partial charge in [0.15, 0.2) is 18.9 Å². The Morgan fingerprint density at radius 3 is 1.53 bits per heavy atom. The van der Waals surface area contributed by atoms with Crippen molar-refractivity contribution < 1.29 is 109 Å². The highest BCUT2D eigenvalue weighted by molar-refractivity contribution is 5.70. The van der Waals surface area contributed by atoms with Crippen LogP contribution in [0.1, 0.15) is 90.9 Å². The maximum atomic E-state index is 13.3. The molecule has 0 aromatic rings. The molecule has 0 aliphatic carbocycles. The standard InChI is InChI=1S/C38H68O22/c1-3-5-7-9-19(55-36-32(51)29(48)27(46)22(15-39)57-36)11-18(42)12-26(45)54-20(10-8-6-4-2)13-21(14-25(43)44)56-37-34(53)31(50)35(24(17-41)59-37)60-38-33(52)30(49)28(47)23(16-40)58-38/h18-24,27-42,46-53H,3-17H2,1-2H3,(H,43,44). The molecule has 3 aliphatic rings. The minimum atomic E-state index is -1.95. The van der Waals surface area contributed by atoms with Gasteiger partial charge in [0, 0.05) is 12.8 Å². The Bertz CT molecular complexity index is 1230. The van der Waals surface area contributed by atoms with Crippen LogP contribution in [0.15, 0.2) is 0 Å². The Hall–Kier alpha value is -1.78. The molecule has 0 radical (unpaired) electrons. The minimum Gasteiger partial charge on any atom is -0.481 e. The van der Waals surface area contributed by atoms with Crippen LogP contribution in [-0.2, 0) is 42.7 Å². The van der Waals surface area contributed by atoms with E-state index < -0.39 is 161 Å². The predicted molar refractivity (Wildman–Crippen MR) is 200 cm³/mol. The van der Waals surface area contributed by atoms with Gasteiger partial charge in [-0.25, -0.2) is 0 Å². The zero-order valence-electron chi connectivity index (χ0n) is 34.1. The number of esters is 1. The molecule has 0 bridgehead atoms. The van der Waals surface area contributed by atoms with Crippen LogP contribution in [0.3, 0.4) is 0 Å². The van der Waals surface area contributed by atoms with Crippen LogP contribution in [0.2, 0.25) is 0 Å². The maximum Gasteiger partial charge on any atom is 0.308 e. The summed E-state index contributed by atoms with van der Waals surface area (Å²) in [6, 6.07) is 0. The third-order valence-electron chi connectivity index (χ3n) is 10.9. The second-order valence-electron chi connectivity index (χ2n) is 15.7. The molecule has 22 heteroatoms. The molecule has 3 rings (SSSR count). The first-order chi connectivity index (χ1) is 28.5. The Labute approximate surface area is 348 Å². The molecule has 60 heavy (non-hydrogen) atoms. The first-order valence-electron chi connectivity index (χ1n) is 20.8. The molecule has 0 amide bonds. The second-order valence-corrected chi connectivity index (χ2v) is 15.7. The molecule has 22 nitrogen and oxygen atoms in total. The lowest BCUT2D eigenvalue weighted by Gasteiger charge is -2.46. The van der Waals surface area contributed by atoms with E-state index >= 15 is 0 Å². The molecule has 0 spiro atoms. The van der Waals surface area contributed by atoms with Gasteiger partial charge in [0.2, 0.25) is 0 Å². The van der Waals surface area contributed by atoms with Gasteiger partial charge in [-0.15, -0.1) is 0 Å². The van der Waals surface area contributed by atoms with Crippen LogP contribution in [0.4, 0.5) is 0 Å². The van der Waals surface area contributed by atoms with Crippen LogP contribution in [0, 0.1) is 0 Å². The predicted octanol–water partition coefficient (Wildman–Crippen LogP) is -3.74. The van der Waals surface area contributed by atoms with Crippen molar-refractivity contribution in [2.75, 3.05) is 19.8 Å². The molecule has 3 heterocycles. The number of carbonyl (C=O) groups excluding carboxylic acids is 1. The van der Waals surface area contributed by atoms with E-state index in [0.29, 0.717) is 19.3 Å². The zero-order valence-corrected chi connectivity index (χ0v) is 34.1. The SMILES string of the molecule is CCCCCC(CC(CC(=O)O)OC1OC(CO)C(OC2OC(CO)C(O)C(O)C2O)C(O)C1O)OC(=O)CC(O)CC(CCCCC)OC1OC(CO)C(O)C(O)C1O. The lowest BCUT2D eigenvalue weighted by molar-refractivity contribution is -0.363. The summed E-state index contributed by atoms with van der Waals surface area (Å²) in [5, 5.41) is 133. The average molecular weight is 877 g/mol. The van der Waals surface area contributed by atoms with Crippen LogP contribution in [0.5, 0.6) is 0 Å². The number of carbonyl (C=O) groups is 2. The van der Waals surface area contributed by atoms with Crippen molar-refractivity contribution in [3.8, 4) is 0 Å². The van der Waals surface area contributed by atoms with Crippen molar-refractivity contribution in [2.24, 2.45) is 0 Å². The first kappa shape index (κ1) is 52.6. The van der Waals surface area contributed by atoms with Gasteiger partial charge in [-0.3, -0.25) is 9.59 Å². The molecule has 19 unspecified atom stereocenters. The molecule has 3 saturated heterocycles. The minimum absolute atomic E-state index is 0.133. The van der Waals surface area contributed by atoms with Gasteiger partial charge in [-0.05, 0) is 19.3 Å². The number of hydrogen-bond donors (Lipinski definition) is 13. The number of hydrogen-bond acceptors (Lipinski definition) is 21. The Balaban J connectivity index is 1.69. The highest BCUT2D eigenvalue weighted by Crippen LogP contribution is 2.32. The summed E-state index contributed by atoms with van der Waals surface area (Å²) in [5.74, 6) is -2.19. The molecule has 352 valence electrons. The molecule has 0 aromatic carbocycles. The van der Waals surface area contributed by atoms with Gasteiger partial charge in [0.05, 0.1) is 51.0 Å². The van der Waals surface area contributed by atoms with Crippen LogP contribution in [-0.4, -0.2) is 215 Å². The first-order valence-corrected chi connectivity index (χ1v) is 20.8. The van der Waals surface area contributed by atoms with Crippen LogP contribution >= 0.6 is 0 Å². The lowest BCUT2D eigenvalue weighted by atomic mass is 9.96. The van der Waals surface area contributed by atoms with Crippen LogP contribution in [0.25, 0.3) is 0 Å². The van der Waals surface area contributed by atoms with Gasteiger partial charge < -0.3 is 99.5 Å². The summed E-state index contributed by atoms with van der Waals surface area (Å²) in [6.45, 7) is 1.61. The van der Waals surface area contributed by atoms with E-state index in [1.807, 2.05) is 13.8 Å². The van der Waals surface area contributed by atoms with E-state index in [4.69, 9.17) is 33.2 Å². The van der Waals surface area contributed by atoms with Crippen molar-refractivity contribution >= 4 is 11.9 Å². The summed E-state index contributed by atoms with van der Waals surface area (Å²) in [4.78, 5) is 25.2. The van der Waals surface area contributed by atoms with Gasteiger partial charge in [-0.1, -0.05) is 46.0 Å². The van der Waals surface area contributed by atoms with Gasteiger partial charge >= 0.3 is 11.9 Å². The van der Waals surface area contributed by atoms with Crippen molar-refractivity contribution in [1.82, 2.24) is 0 Å². The molecule has 3 aliphatic heterocycles. The lowest BCUT2D eigenvalue weighted by Crippen LogP contribution is -2.65.